The number of rotatable bonds is 7. The smallest absolute Gasteiger partial charge is 0.237 e. The second-order valence-electron chi connectivity index (χ2n) is 3.98. The zero-order valence-corrected chi connectivity index (χ0v) is 12.6. The summed E-state index contributed by atoms with van der Waals surface area (Å²) in [6.45, 7) is 1.82. The number of nitrogens with one attached hydrogen (secondary N) is 1. The number of thioether (sulfide) groups is 1. The Morgan fingerprint density at radius 1 is 1.40 bits per heavy atom. The number of carbonyl (C=O) groups excluding carboxylic acids is 1. The van der Waals surface area contributed by atoms with Crippen LogP contribution < -0.4 is 14.8 Å². The molecule has 0 saturated heterocycles. The number of hydrogen-bond donors (Lipinski definition) is 1. The summed E-state index contributed by atoms with van der Waals surface area (Å²) in [5.41, 5.74) is 0.653. The van der Waals surface area contributed by atoms with Crippen LogP contribution in [-0.2, 0) is 4.79 Å². The summed E-state index contributed by atoms with van der Waals surface area (Å²) in [4.78, 5) is 12.0. The SMILES string of the molecule is COc1ccc(NC(=O)C(C)SCCC#N)cc1OC. The van der Waals surface area contributed by atoms with Crippen LogP contribution in [0.4, 0.5) is 5.69 Å². The van der Waals surface area contributed by atoms with Gasteiger partial charge >= 0.3 is 0 Å². The summed E-state index contributed by atoms with van der Waals surface area (Å²) in [6.07, 6.45) is 0.443. The summed E-state index contributed by atoms with van der Waals surface area (Å²) in [5.74, 6) is 1.73. The molecule has 1 amide bonds. The van der Waals surface area contributed by atoms with Gasteiger partial charge in [0.25, 0.3) is 0 Å². The Morgan fingerprint density at radius 3 is 2.70 bits per heavy atom. The lowest BCUT2D eigenvalue weighted by molar-refractivity contribution is -0.115. The van der Waals surface area contributed by atoms with E-state index < -0.39 is 0 Å². The normalized spacial score (nSPS) is 11.3. The van der Waals surface area contributed by atoms with E-state index in [4.69, 9.17) is 14.7 Å². The highest BCUT2D eigenvalue weighted by molar-refractivity contribution is 8.00. The van der Waals surface area contributed by atoms with Crippen molar-refractivity contribution in [1.82, 2.24) is 0 Å². The molecule has 20 heavy (non-hydrogen) atoms. The number of methoxy groups -OCH3 is 2. The van der Waals surface area contributed by atoms with Gasteiger partial charge in [0.1, 0.15) is 0 Å². The predicted octanol–water partition coefficient (Wildman–Crippen LogP) is 2.68. The zero-order valence-electron chi connectivity index (χ0n) is 11.8. The molecule has 1 aromatic carbocycles. The van der Waals surface area contributed by atoms with E-state index in [1.807, 2.05) is 6.92 Å². The zero-order chi connectivity index (χ0) is 15.0. The number of amides is 1. The Hall–Kier alpha value is -1.87. The molecule has 1 unspecified atom stereocenters. The number of anilines is 1. The Morgan fingerprint density at radius 2 is 2.10 bits per heavy atom. The van der Waals surface area contributed by atoms with Crippen molar-refractivity contribution in [1.29, 1.82) is 5.26 Å². The Balaban J connectivity index is 2.64. The van der Waals surface area contributed by atoms with Gasteiger partial charge < -0.3 is 14.8 Å². The topological polar surface area (TPSA) is 71.3 Å². The molecule has 0 saturated carbocycles. The van der Waals surface area contributed by atoms with E-state index in [9.17, 15) is 4.79 Å². The van der Waals surface area contributed by atoms with Crippen LogP contribution in [0.3, 0.4) is 0 Å². The minimum Gasteiger partial charge on any atom is -0.493 e. The fourth-order valence-electron chi connectivity index (χ4n) is 1.51. The molecule has 0 fully saturated rings. The van der Waals surface area contributed by atoms with Crippen molar-refractivity contribution < 1.29 is 14.3 Å². The number of carbonyl (C=O) groups is 1. The predicted molar refractivity (Wildman–Crippen MR) is 80.3 cm³/mol. The van der Waals surface area contributed by atoms with E-state index in [0.29, 0.717) is 29.4 Å². The van der Waals surface area contributed by atoms with Gasteiger partial charge in [-0.15, -0.1) is 11.8 Å². The van der Waals surface area contributed by atoms with Crippen molar-refractivity contribution in [2.75, 3.05) is 25.3 Å². The quantitative estimate of drug-likeness (QED) is 0.783. The van der Waals surface area contributed by atoms with Crippen LogP contribution in [0, 0.1) is 11.3 Å². The van der Waals surface area contributed by atoms with Crippen molar-refractivity contribution in [2.24, 2.45) is 0 Å². The molecule has 0 aliphatic heterocycles. The molecule has 1 N–H and O–H groups in total. The molecule has 108 valence electrons. The van der Waals surface area contributed by atoms with Crippen molar-refractivity contribution in [3.63, 3.8) is 0 Å². The van der Waals surface area contributed by atoms with E-state index >= 15 is 0 Å². The number of benzene rings is 1. The molecular formula is C14H18N2O3S. The van der Waals surface area contributed by atoms with Crippen molar-refractivity contribution in [3.05, 3.63) is 18.2 Å². The van der Waals surface area contributed by atoms with Gasteiger partial charge in [0.05, 0.1) is 25.5 Å². The minimum atomic E-state index is -0.212. The van der Waals surface area contributed by atoms with Crippen LogP contribution in [0.25, 0.3) is 0 Å². The van der Waals surface area contributed by atoms with Crippen LogP contribution in [0.5, 0.6) is 11.5 Å². The average molecular weight is 294 g/mol. The first-order valence-electron chi connectivity index (χ1n) is 6.13. The third-order valence-electron chi connectivity index (χ3n) is 2.60. The standard InChI is InChI=1S/C14H18N2O3S/c1-10(20-8-4-7-15)14(17)16-11-5-6-12(18-2)13(9-11)19-3/h5-6,9-10H,4,8H2,1-3H3,(H,16,17). The van der Waals surface area contributed by atoms with E-state index in [1.54, 1.807) is 32.4 Å². The maximum Gasteiger partial charge on any atom is 0.237 e. The Kier molecular flexibility index (Phi) is 6.74. The first-order valence-corrected chi connectivity index (χ1v) is 7.18. The summed E-state index contributed by atoms with van der Waals surface area (Å²) in [7, 11) is 3.10. The van der Waals surface area contributed by atoms with Crippen molar-refractivity contribution in [3.8, 4) is 17.6 Å². The summed E-state index contributed by atoms with van der Waals surface area (Å²) in [6, 6.07) is 7.26. The highest BCUT2D eigenvalue weighted by Crippen LogP contribution is 2.30. The maximum absolute atomic E-state index is 12.0. The molecule has 0 heterocycles. The third-order valence-corrected chi connectivity index (χ3v) is 3.76. The van der Waals surface area contributed by atoms with Crippen molar-refractivity contribution in [2.45, 2.75) is 18.6 Å². The number of nitrogens with zero attached hydrogens (tertiary/aromatic N) is 1. The second-order valence-corrected chi connectivity index (χ2v) is 5.43. The first kappa shape index (κ1) is 16.2. The molecule has 0 aromatic heterocycles. The molecule has 0 aliphatic rings. The van der Waals surface area contributed by atoms with Crippen LogP contribution in [0.15, 0.2) is 18.2 Å². The van der Waals surface area contributed by atoms with Crippen LogP contribution in [-0.4, -0.2) is 31.1 Å². The van der Waals surface area contributed by atoms with Gasteiger partial charge in [-0.25, -0.2) is 0 Å². The molecule has 5 nitrogen and oxygen atoms in total. The van der Waals surface area contributed by atoms with E-state index in [0.717, 1.165) is 0 Å². The minimum absolute atomic E-state index is 0.0971. The van der Waals surface area contributed by atoms with Gasteiger partial charge in [-0.2, -0.15) is 5.26 Å². The lowest BCUT2D eigenvalue weighted by Crippen LogP contribution is -2.22. The van der Waals surface area contributed by atoms with Crippen LogP contribution in [0.2, 0.25) is 0 Å². The summed E-state index contributed by atoms with van der Waals surface area (Å²) in [5, 5.41) is 11.1. The molecule has 1 rings (SSSR count). The molecule has 0 spiro atoms. The molecule has 1 atom stereocenters. The Bertz CT molecular complexity index is 500. The fourth-order valence-corrected chi connectivity index (χ4v) is 2.29. The Labute approximate surface area is 123 Å². The number of hydrogen-bond acceptors (Lipinski definition) is 5. The van der Waals surface area contributed by atoms with Crippen LogP contribution >= 0.6 is 11.8 Å². The van der Waals surface area contributed by atoms with Gasteiger partial charge in [0.15, 0.2) is 11.5 Å². The molecule has 1 aromatic rings. The monoisotopic (exact) mass is 294 g/mol. The number of nitriles is 1. The average Bonchev–Trinajstić information content (AvgIpc) is 2.47. The molecule has 0 radical (unpaired) electrons. The van der Waals surface area contributed by atoms with Gasteiger partial charge in [-0.1, -0.05) is 0 Å². The van der Waals surface area contributed by atoms with Gasteiger partial charge in [-0.05, 0) is 19.1 Å². The summed E-state index contributed by atoms with van der Waals surface area (Å²) >= 11 is 1.46. The molecule has 6 heteroatoms. The molecular weight excluding hydrogens is 276 g/mol. The van der Waals surface area contributed by atoms with Crippen LogP contribution in [0.1, 0.15) is 13.3 Å². The van der Waals surface area contributed by atoms with E-state index in [2.05, 4.69) is 11.4 Å². The van der Waals surface area contributed by atoms with E-state index in [1.165, 1.54) is 11.8 Å². The highest BCUT2D eigenvalue weighted by Gasteiger charge is 2.14. The molecule has 0 bridgehead atoms. The molecule has 0 aliphatic carbocycles. The lowest BCUT2D eigenvalue weighted by atomic mass is 10.2. The summed E-state index contributed by atoms with van der Waals surface area (Å²) < 4.78 is 10.3. The van der Waals surface area contributed by atoms with Gasteiger partial charge in [0.2, 0.25) is 5.91 Å². The number of ether oxygens (including phenoxy) is 2. The largest absolute Gasteiger partial charge is 0.493 e. The second kappa shape index (κ2) is 8.33. The maximum atomic E-state index is 12.0. The third kappa shape index (κ3) is 4.67. The first-order chi connectivity index (χ1) is 9.62. The highest BCUT2D eigenvalue weighted by atomic mass is 32.2. The van der Waals surface area contributed by atoms with Gasteiger partial charge in [-0.3, -0.25) is 4.79 Å². The van der Waals surface area contributed by atoms with E-state index in [-0.39, 0.29) is 11.2 Å². The lowest BCUT2D eigenvalue weighted by Gasteiger charge is -2.13. The fraction of sp³-hybridized carbons (Fsp3) is 0.429. The van der Waals surface area contributed by atoms with Gasteiger partial charge in [0, 0.05) is 23.9 Å². The van der Waals surface area contributed by atoms with Crippen molar-refractivity contribution >= 4 is 23.4 Å².